The van der Waals surface area contributed by atoms with Crippen molar-refractivity contribution in [1.29, 1.82) is 0 Å². The molecule has 0 amide bonds. The zero-order chi connectivity index (χ0) is 38.9. The van der Waals surface area contributed by atoms with Crippen molar-refractivity contribution in [2.75, 3.05) is 0 Å². The van der Waals surface area contributed by atoms with Crippen molar-refractivity contribution < 1.29 is 20.4 Å². The largest absolute Gasteiger partial charge is 0.508 e. The fraction of sp³-hybridized carbons (Fsp3) is 0.375. The Balaban J connectivity index is 2.07. The van der Waals surface area contributed by atoms with Gasteiger partial charge in [0, 0.05) is 0 Å². The average Bonchev–Trinajstić information content (AvgIpc) is 3.01. The summed E-state index contributed by atoms with van der Waals surface area (Å²) in [6, 6.07) is 23.7. The molecule has 0 atom stereocenters. The van der Waals surface area contributed by atoms with Crippen LogP contribution in [-0.4, -0.2) is 20.4 Å². The van der Waals surface area contributed by atoms with E-state index in [4.69, 9.17) is 0 Å². The third-order valence-corrected chi connectivity index (χ3v) is 10.4. The first-order valence-corrected chi connectivity index (χ1v) is 18.3. The first kappa shape index (κ1) is 38.5. The minimum atomic E-state index is -0.308. The van der Waals surface area contributed by atoms with Gasteiger partial charge in [0.2, 0.25) is 0 Å². The molecule has 0 aromatic heterocycles. The monoisotopic (exact) mass is 698 g/mol. The number of hydrogen-bond donors (Lipinski definition) is 4. The molecule has 4 heteroatoms. The average molecular weight is 699 g/mol. The molecule has 0 aliphatic carbocycles. The molecule has 5 aromatic rings. The van der Waals surface area contributed by atoms with E-state index in [1.54, 1.807) is 24.3 Å². The Hall–Kier alpha value is -4.70. The third kappa shape index (κ3) is 7.18. The van der Waals surface area contributed by atoms with Gasteiger partial charge in [-0.3, -0.25) is 0 Å². The standard InChI is InChI=1S/C48H58O4/c1-27-41(29-15-19-37(49)33(23-29)45(3,4)5)43(31-17-21-39(51)35(25-31)47(9,10)11)28(2)44(32-18-22-40(52)36(26-32)48(12,13)14)42(27)30-16-20-38(50)34(24-30)46(6,7)8/h15-26,49-52H,1-14H3. The summed E-state index contributed by atoms with van der Waals surface area (Å²) >= 11 is 0. The van der Waals surface area contributed by atoms with Gasteiger partial charge in [-0.05, 0) is 162 Å². The van der Waals surface area contributed by atoms with Crippen molar-refractivity contribution in [3.8, 4) is 67.5 Å². The van der Waals surface area contributed by atoms with Crippen LogP contribution in [0.3, 0.4) is 0 Å². The molecule has 0 saturated heterocycles. The van der Waals surface area contributed by atoms with Crippen molar-refractivity contribution in [3.63, 3.8) is 0 Å². The van der Waals surface area contributed by atoms with Gasteiger partial charge in [-0.25, -0.2) is 0 Å². The molecule has 0 fully saturated rings. The Morgan fingerprint density at radius 1 is 0.308 bits per heavy atom. The molecule has 0 saturated carbocycles. The molecular weight excluding hydrogens is 641 g/mol. The van der Waals surface area contributed by atoms with Crippen LogP contribution in [0.25, 0.3) is 44.5 Å². The van der Waals surface area contributed by atoms with Crippen LogP contribution < -0.4 is 0 Å². The number of phenols is 4. The summed E-state index contributed by atoms with van der Waals surface area (Å²) in [4.78, 5) is 0. The predicted octanol–water partition coefficient (Wildman–Crippen LogP) is 13.0. The zero-order valence-corrected chi connectivity index (χ0v) is 33.7. The van der Waals surface area contributed by atoms with E-state index in [9.17, 15) is 20.4 Å². The van der Waals surface area contributed by atoms with Gasteiger partial charge in [0.05, 0.1) is 0 Å². The summed E-state index contributed by atoms with van der Waals surface area (Å²) in [6.45, 7) is 29.6. The second-order valence-electron chi connectivity index (χ2n) is 18.7. The Bertz CT molecular complexity index is 1870. The number of phenolic OH excluding ortho intramolecular Hbond substituents is 4. The van der Waals surface area contributed by atoms with Gasteiger partial charge in [0.15, 0.2) is 0 Å². The topological polar surface area (TPSA) is 80.9 Å². The van der Waals surface area contributed by atoms with Gasteiger partial charge in [-0.1, -0.05) is 107 Å². The molecule has 0 unspecified atom stereocenters. The third-order valence-electron chi connectivity index (χ3n) is 10.4. The van der Waals surface area contributed by atoms with E-state index < -0.39 is 0 Å². The quantitative estimate of drug-likeness (QED) is 0.151. The van der Waals surface area contributed by atoms with Crippen LogP contribution in [0.5, 0.6) is 23.0 Å². The Morgan fingerprint density at radius 3 is 0.635 bits per heavy atom. The summed E-state index contributed by atoms with van der Waals surface area (Å²) < 4.78 is 0. The van der Waals surface area contributed by atoms with Gasteiger partial charge in [-0.15, -0.1) is 0 Å². The van der Waals surface area contributed by atoms with Crippen LogP contribution in [0, 0.1) is 13.8 Å². The minimum Gasteiger partial charge on any atom is -0.508 e. The second kappa shape index (κ2) is 13.1. The summed E-state index contributed by atoms with van der Waals surface area (Å²) in [5, 5.41) is 44.3. The van der Waals surface area contributed by atoms with Crippen molar-refractivity contribution in [2.24, 2.45) is 0 Å². The molecular formula is C48H58O4. The lowest BCUT2D eigenvalue weighted by atomic mass is 9.75. The summed E-state index contributed by atoms with van der Waals surface area (Å²) in [6.07, 6.45) is 0. The smallest absolute Gasteiger partial charge is 0.119 e. The second-order valence-corrected chi connectivity index (χ2v) is 18.7. The summed E-state index contributed by atoms with van der Waals surface area (Å²) in [7, 11) is 0. The van der Waals surface area contributed by atoms with Crippen LogP contribution in [0.4, 0.5) is 0 Å². The van der Waals surface area contributed by atoms with E-state index in [0.717, 1.165) is 77.9 Å². The molecule has 0 radical (unpaired) electrons. The highest BCUT2D eigenvalue weighted by molar-refractivity contribution is 6.01. The zero-order valence-electron chi connectivity index (χ0n) is 33.7. The molecule has 4 nitrogen and oxygen atoms in total. The van der Waals surface area contributed by atoms with Crippen molar-refractivity contribution >= 4 is 0 Å². The maximum atomic E-state index is 11.1. The van der Waals surface area contributed by atoms with E-state index in [0.29, 0.717) is 0 Å². The fourth-order valence-electron chi connectivity index (χ4n) is 7.61. The molecule has 274 valence electrons. The Kier molecular flexibility index (Phi) is 9.68. The fourth-order valence-corrected chi connectivity index (χ4v) is 7.61. The van der Waals surface area contributed by atoms with E-state index in [1.165, 1.54) is 0 Å². The lowest BCUT2D eigenvalue weighted by Crippen LogP contribution is -2.13. The van der Waals surface area contributed by atoms with Crippen molar-refractivity contribution in [2.45, 2.75) is 119 Å². The first-order valence-electron chi connectivity index (χ1n) is 18.3. The Morgan fingerprint density at radius 2 is 0.481 bits per heavy atom. The molecule has 0 heterocycles. The molecule has 0 aliphatic rings. The van der Waals surface area contributed by atoms with Gasteiger partial charge in [-0.2, -0.15) is 0 Å². The normalized spacial score (nSPS) is 12.7. The summed E-state index contributed by atoms with van der Waals surface area (Å²) in [5.74, 6) is 1.04. The number of hydrogen-bond acceptors (Lipinski definition) is 4. The SMILES string of the molecule is Cc1c(-c2ccc(O)c(C(C)(C)C)c2)c(-c2ccc(O)c(C(C)(C)C)c2)c(C)c(-c2ccc(O)c(C(C)(C)C)c2)c1-c1ccc(O)c(C(C)(C)C)c1. The van der Waals surface area contributed by atoms with E-state index in [-0.39, 0.29) is 44.7 Å². The van der Waals surface area contributed by atoms with Crippen LogP contribution in [0.1, 0.15) is 116 Å². The molecule has 4 N–H and O–H groups in total. The van der Waals surface area contributed by atoms with E-state index in [2.05, 4.69) is 121 Å². The minimum absolute atomic E-state index is 0.260. The van der Waals surface area contributed by atoms with E-state index >= 15 is 0 Å². The molecule has 0 spiro atoms. The van der Waals surface area contributed by atoms with Crippen LogP contribution in [-0.2, 0) is 21.7 Å². The van der Waals surface area contributed by atoms with Gasteiger partial charge in [0.25, 0.3) is 0 Å². The maximum Gasteiger partial charge on any atom is 0.119 e. The van der Waals surface area contributed by atoms with Gasteiger partial charge < -0.3 is 20.4 Å². The lowest BCUT2D eigenvalue weighted by molar-refractivity contribution is 0.446. The van der Waals surface area contributed by atoms with Crippen LogP contribution >= 0.6 is 0 Å². The van der Waals surface area contributed by atoms with Crippen molar-refractivity contribution in [3.05, 3.63) is 106 Å². The summed E-state index contributed by atoms with van der Waals surface area (Å²) in [5.41, 5.74) is 12.3. The number of aromatic hydroxyl groups is 4. The lowest BCUT2D eigenvalue weighted by Gasteiger charge is -2.29. The highest BCUT2D eigenvalue weighted by atomic mass is 16.3. The van der Waals surface area contributed by atoms with E-state index in [1.807, 2.05) is 24.3 Å². The Labute approximate surface area is 311 Å². The van der Waals surface area contributed by atoms with Crippen LogP contribution in [0.2, 0.25) is 0 Å². The molecule has 5 aromatic carbocycles. The highest BCUT2D eigenvalue weighted by Gasteiger charge is 2.29. The molecule has 5 rings (SSSR count). The number of benzene rings is 5. The first-order chi connectivity index (χ1) is 23.8. The van der Waals surface area contributed by atoms with Crippen LogP contribution in [0.15, 0.2) is 72.8 Å². The number of rotatable bonds is 4. The van der Waals surface area contributed by atoms with Crippen molar-refractivity contribution in [1.82, 2.24) is 0 Å². The predicted molar refractivity (Wildman–Crippen MR) is 219 cm³/mol. The molecule has 0 aliphatic heterocycles. The highest BCUT2D eigenvalue weighted by Crippen LogP contribution is 2.51. The molecule has 0 bridgehead atoms. The maximum absolute atomic E-state index is 11.1. The van der Waals surface area contributed by atoms with Gasteiger partial charge >= 0.3 is 0 Å². The molecule has 52 heavy (non-hydrogen) atoms. The van der Waals surface area contributed by atoms with Gasteiger partial charge in [0.1, 0.15) is 23.0 Å².